The van der Waals surface area contributed by atoms with Gasteiger partial charge in [0.2, 0.25) is 0 Å². The van der Waals surface area contributed by atoms with Crippen LogP contribution in [0.15, 0.2) is 36.7 Å². The summed E-state index contributed by atoms with van der Waals surface area (Å²) in [5.74, 6) is 0.831. The van der Waals surface area contributed by atoms with E-state index in [0.717, 1.165) is 49.1 Å². The zero-order valence-electron chi connectivity index (χ0n) is 16.0. The third-order valence-electron chi connectivity index (χ3n) is 5.26. The second-order valence-electron chi connectivity index (χ2n) is 7.10. The summed E-state index contributed by atoms with van der Waals surface area (Å²) in [4.78, 5) is 2.37. The SMILES string of the molecule is C=C(Cn1cc(NC)c(-c2cc(C)ccc2CC)n1)N1CC(CC)C1. The molecule has 2 heterocycles. The number of hydrogen-bond acceptors (Lipinski definition) is 3. The summed E-state index contributed by atoms with van der Waals surface area (Å²) in [6.45, 7) is 13.9. The van der Waals surface area contributed by atoms with Crippen molar-refractivity contribution in [2.75, 3.05) is 25.5 Å². The van der Waals surface area contributed by atoms with Crippen LogP contribution in [-0.4, -0.2) is 34.8 Å². The fraction of sp³-hybridized carbons (Fsp3) is 0.476. The molecule has 134 valence electrons. The molecule has 1 saturated heterocycles. The van der Waals surface area contributed by atoms with E-state index in [2.05, 4.69) is 62.0 Å². The maximum absolute atomic E-state index is 4.89. The molecule has 4 heteroatoms. The molecule has 1 N–H and O–H groups in total. The van der Waals surface area contributed by atoms with Crippen molar-refractivity contribution in [2.24, 2.45) is 5.92 Å². The smallest absolute Gasteiger partial charge is 0.116 e. The lowest BCUT2D eigenvalue weighted by molar-refractivity contribution is 0.132. The van der Waals surface area contributed by atoms with Crippen molar-refractivity contribution < 1.29 is 0 Å². The predicted molar refractivity (Wildman–Crippen MR) is 106 cm³/mol. The van der Waals surface area contributed by atoms with E-state index in [-0.39, 0.29) is 0 Å². The third kappa shape index (κ3) is 3.58. The Labute approximate surface area is 151 Å². The Morgan fingerprint density at radius 2 is 2.08 bits per heavy atom. The number of hydrogen-bond donors (Lipinski definition) is 1. The monoisotopic (exact) mass is 338 g/mol. The molecule has 0 atom stereocenters. The molecular weight excluding hydrogens is 308 g/mol. The first kappa shape index (κ1) is 17.6. The lowest BCUT2D eigenvalue weighted by Crippen LogP contribution is -2.45. The minimum atomic E-state index is 0.748. The first-order valence-electron chi connectivity index (χ1n) is 9.33. The maximum Gasteiger partial charge on any atom is 0.116 e. The second-order valence-corrected chi connectivity index (χ2v) is 7.10. The van der Waals surface area contributed by atoms with Gasteiger partial charge in [-0.2, -0.15) is 5.10 Å². The lowest BCUT2D eigenvalue weighted by Gasteiger charge is -2.41. The number of aromatic nitrogens is 2. The van der Waals surface area contributed by atoms with Crippen molar-refractivity contribution in [3.05, 3.63) is 47.8 Å². The van der Waals surface area contributed by atoms with E-state index in [0.29, 0.717) is 0 Å². The Hall–Kier alpha value is -2.23. The normalized spacial score (nSPS) is 14.5. The predicted octanol–water partition coefficient (Wildman–Crippen LogP) is 4.32. The van der Waals surface area contributed by atoms with Crippen LogP contribution in [-0.2, 0) is 13.0 Å². The first-order chi connectivity index (χ1) is 12.0. The van der Waals surface area contributed by atoms with Crippen LogP contribution in [0.25, 0.3) is 11.3 Å². The van der Waals surface area contributed by atoms with Crippen molar-refractivity contribution in [3.63, 3.8) is 0 Å². The highest BCUT2D eigenvalue weighted by Crippen LogP contribution is 2.31. The Morgan fingerprint density at radius 3 is 2.72 bits per heavy atom. The summed E-state index contributed by atoms with van der Waals surface area (Å²) in [7, 11) is 1.96. The first-order valence-corrected chi connectivity index (χ1v) is 9.33. The van der Waals surface area contributed by atoms with Gasteiger partial charge in [-0.1, -0.05) is 38.1 Å². The van der Waals surface area contributed by atoms with E-state index in [9.17, 15) is 0 Å². The Bertz CT molecular complexity index is 753. The highest BCUT2D eigenvalue weighted by atomic mass is 15.3. The van der Waals surface area contributed by atoms with Gasteiger partial charge >= 0.3 is 0 Å². The topological polar surface area (TPSA) is 33.1 Å². The number of rotatable bonds is 7. The molecule has 0 unspecified atom stereocenters. The van der Waals surface area contributed by atoms with Crippen LogP contribution in [0.2, 0.25) is 0 Å². The van der Waals surface area contributed by atoms with Crippen molar-refractivity contribution in [3.8, 4) is 11.3 Å². The van der Waals surface area contributed by atoms with Crippen molar-refractivity contribution >= 4 is 5.69 Å². The fourth-order valence-electron chi connectivity index (χ4n) is 3.48. The van der Waals surface area contributed by atoms with Gasteiger partial charge < -0.3 is 10.2 Å². The Morgan fingerprint density at radius 1 is 1.32 bits per heavy atom. The molecule has 0 saturated carbocycles. The minimum absolute atomic E-state index is 0.748. The molecule has 1 aromatic carbocycles. The van der Waals surface area contributed by atoms with E-state index in [1.54, 1.807) is 0 Å². The van der Waals surface area contributed by atoms with E-state index in [1.165, 1.54) is 23.1 Å². The largest absolute Gasteiger partial charge is 0.385 e. The molecular formula is C21H30N4. The molecule has 0 amide bonds. The van der Waals surface area contributed by atoms with Crippen LogP contribution in [0.3, 0.4) is 0 Å². The van der Waals surface area contributed by atoms with Gasteiger partial charge in [-0.25, -0.2) is 0 Å². The molecule has 0 spiro atoms. The van der Waals surface area contributed by atoms with Gasteiger partial charge in [-0.05, 0) is 37.3 Å². The molecule has 2 aromatic rings. The van der Waals surface area contributed by atoms with Crippen LogP contribution >= 0.6 is 0 Å². The van der Waals surface area contributed by atoms with Gasteiger partial charge in [-0.3, -0.25) is 4.68 Å². The molecule has 0 bridgehead atoms. The zero-order chi connectivity index (χ0) is 18.0. The summed E-state index contributed by atoms with van der Waals surface area (Å²) in [5, 5.41) is 8.19. The van der Waals surface area contributed by atoms with Crippen LogP contribution in [0, 0.1) is 12.8 Å². The van der Waals surface area contributed by atoms with Crippen LogP contribution in [0.5, 0.6) is 0 Å². The van der Waals surface area contributed by atoms with Crippen LogP contribution in [0.1, 0.15) is 31.4 Å². The maximum atomic E-state index is 4.89. The summed E-state index contributed by atoms with van der Waals surface area (Å²) in [6, 6.07) is 6.63. The van der Waals surface area contributed by atoms with Gasteiger partial charge in [0.05, 0.1) is 12.2 Å². The number of benzene rings is 1. The highest BCUT2D eigenvalue weighted by Gasteiger charge is 2.26. The van der Waals surface area contributed by atoms with Gasteiger partial charge in [0.15, 0.2) is 0 Å². The Kier molecular flexibility index (Phi) is 5.16. The van der Waals surface area contributed by atoms with Gasteiger partial charge in [0.25, 0.3) is 0 Å². The molecule has 1 aliphatic heterocycles. The number of likely N-dealkylation sites (tertiary alicyclic amines) is 1. The quantitative estimate of drug-likeness (QED) is 0.816. The van der Waals surface area contributed by atoms with Crippen molar-refractivity contribution in [1.82, 2.24) is 14.7 Å². The van der Waals surface area contributed by atoms with E-state index >= 15 is 0 Å². The van der Waals surface area contributed by atoms with Crippen molar-refractivity contribution in [2.45, 2.75) is 40.2 Å². The zero-order valence-corrected chi connectivity index (χ0v) is 16.0. The molecule has 4 nitrogen and oxygen atoms in total. The molecule has 0 aliphatic carbocycles. The lowest BCUT2D eigenvalue weighted by atomic mass is 9.97. The summed E-state index contributed by atoms with van der Waals surface area (Å²) in [5.41, 5.74) is 7.08. The summed E-state index contributed by atoms with van der Waals surface area (Å²) >= 11 is 0. The molecule has 0 radical (unpaired) electrons. The number of allylic oxidation sites excluding steroid dienone is 1. The van der Waals surface area contributed by atoms with Gasteiger partial charge in [-0.15, -0.1) is 0 Å². The molecule has 1 fully saturated rings. The molecule has 1 aromatic heterocycles. The van der Waals surface area contributed by atoms with Crippen molar-refractivity contribution in [1.29, 1.82) is 0 Å². The number of anilines is 1. The van der Waals surface area contributed by atoms with Crippen LogP contribution < -0.4 is 5.32 Å². The average Bonchev–Trinajstić information content (AvgIpc) is 2.96. The van der Waals surface area contributed by atoms with E-state index in [1.807, 2.05) is 11.7 Å². The standard InChI is InChI=1S/C21H30N4/c1-6-17-12-24(13-17)16(4)11-25-14-20(22-5)21(23-25)19-10-15(3)8-9-18(19)7-2/h8-10,14,17,22H,4,6-7,11-13H2,1-3,5H3. The number of aryl methyl sites for hydroxylation is 2. The van der Waals surface area contributed by atoms with Crippen LogP contribution in [0.4, 0.5) is 5.69 Å². The molecule has 3 rings (SSSR count). The van der Waals surface area contributed by atoms with Gasteiger partial charge in [0, 0.05) is 37.6 Å². The van der Waals surface area contributed by atoms with E-state index < -0.39 is 0 Å². The molecule has 25 heavy (non-hydrogen) atoms. The van der Waals surface area contributed by atoms with Gasteiger partial charge in [0.1, 0.15) is 5.69 Å². The number of nitrogens with zero attached hydrogens (tertiary/aromatic N) is 3. The fourth-order valence-corrected chi connectivity index (χ4v) is 3.48. The molecule has 1 aliphatic rings. The minimum Gasteiger partial charge on any atom is -0.385 e. The second kappa shape index (κ2) is 7.34. The Balaban J connectivity index is 1.83. The highest BCUT2D eigenvalue weighted by molar-refractivity contribution is 5.76. The summed E-state index contributed by atoms with van der Waals surface area (Å²) in [6.07, 6.45) is 4.36. The van der Waals surface area contributed by atoms with E-state index in [4.69, 9.17) is 5.10 Å². The number of nitrogens with one attached hydrogen (secondary N) is 1. The average molecular weight is 338 g/mol. The third-order valence-corrected chi connectivity index (χ3v) is 5.26. The summed E-state index contributed by atoms with van der Waals surface area (Å²) < 4.78 is 2.02.